The van der Waals surface area contributed by atoms with Crippen molar-refractivity contribution in [1.29, 1.82) is 0 Å². The van der Waals surface area contributed by atoms with Gasteiger partial charge in [-0.25, -0.2) is 9.78 Å². The number of carbonyl (C=O) groups is 2. The molecule has 0 saturated carbocycles. The van der Waals surface area contributed by atoms with Gasteiger partial charge in [-0.1, -0.05) is 17.7 Å². The second kappa shape index (κ2) is 6.84. The van der Waals surface area contributed by atoms with E-state index in [0.717, 1.165) is 35.0 Å². The number of alkyl carbamates (subject to hydrolysis) is 1. The number of halogens is 3. The second-order valence-corrected chi connectivity index (χ2v) is 6.61. The van der Waals surface area contributed by atoms with E-state index in [1.54, 1.807) is 13.8 Å². The van der Waals surface area contributed by atoms with E-state index < -0.39 is 34.7 Å². The summed E-state index contributed by atoms with van der Waals surface area (Å²) in [6.45, 7) is 3.13. The molecule has 0 radical (unpaired) electrons. The number of alkyl halides is 3. The van der Waals surface area contributed by atoms with Crippen molar-refractivity contribution in [3.8, 4) is 12.3 Å². The topological polar surface area (TPSA) is 71.5 Å². The minimum Gasteiger partial charge on any atom is -0.425 e. The second-order valence-electron chi connectivity index (χ2n) is 5.59. The van der Waals surface area contributed by atoms with Crippen LogP contribution in [0.4, 0.5) is 23.8 Å². The SMILES string of the molecule is C#CC(C)(C)NC(=O)OC1SCN(c2cc(C(F)(F)F)ccn2)C1=O. The summed E-state index contributed by atoms with van der Waals surface area (Å²) in [6, 6.07) is 1.57. The summed E-state index contributed by atoms with van der Waals surface area (Å²) in [5, 5.41) is 2.39. The molecule has 2 rings (SSSR count). The minimum absolute atomic E-state index is 0.00359. The van der Waals surface area contributed by atoms with Crippen molar-refractivity contribution >= 4 is 29.6 Å². The van der Waals surface area contributed by atoms with Gasteiger partial charge in [0.25, 0.3) is 5.91 Å². The number of carbonyl (C=O) groups excluding carboxylic acids is 2. The summed E-state index contributed by atoms with van der Waals surface area (Å²) >= 11 is 0.949. The van der Waals surface area contributed by atoms with Crippen LogP contribution in [0.5, 0.6) is 0 Å². The molecular weight excluding hydrogens is 359 g/mol. The standard InChI is InChI=1S/C15H14F3N3O3S/c1-4-14(2,3)20-13(23)24-12-11(22)21(8-25-12)10-7-9(5-6-19-10)15(16,17)18/h1,5-7,12H,8H2,2-3H3,(H,20,23). The van der Waals surface area contributed by atoms with E-state index >= 15 is 0 Å². The van der Waals surface area contributed by atoms with Crippen LogP contribution in [0.15, 0.2) is 18.3 Å². The van der Waals surface area contributed by atoms with Gasteiger partial charge in [-0.3, -0.25) is 9.69 Å². The maximum Gasteiger partial charge on any atom is 0.416 e. The predicted molar refractivity (Wildman–Crippen MR) is 85.5 cm³/mol. The van der Waals surface area contributed by atoms with Crippen LogP contribution in [0.3, 0.4) is 0 Å². The van der Waals surface area contributed by atoms with Gasteiger partial charge in [0, 0.05) is 6.20 Å². The highest BCUT2D eigenvalue weighted by molar-refractivity contribution is 8.01. The average molecular weight is 373 g/mol. The van der Waals surface area contributed by atoms with Crippen LogP contribution in [-0.4, -0.2) is 33.8 Å². The molecule has 134 valence electrons. The summed E-state index contributed by atoms with van der Waals surface area (Å²) < 4.78 is 43.3. The minimum atomic E-state index is -4.55. The van der Waals surface area contributed by atoms with Crippen LogP contribution in [-0.2, 0) is 15.7 Å². The van der Waals surface area contributed by atoms with Crippen LogP contribution in [0.1, 0.15) is 19.4 Å². The van der Waals surface area contributed by atoms with Crippen LogP contribution in [0, 0.1) is 12.3 Å². The Morgan fingerprint density at radius 3 is 2.80 bits per heavy atom. The first kappa shape index (κ1) is 18.9. The number of thioether (sulfide) groups is 1. The Labute approximate surface area is 146 Å². The molecule has 25 heavy (non-hydrogen) atoms. The van der Waals surface area contributed by atoms with Crippen molar-refractivity contribution < 1.29 is 27.5 Å². The molecule has 1 saturated heterocycles. The smallest absolute Gasteiger partial charge is 0.416 e. The molecule has 1 atom stereocenters. The first-order valence-corrected chi connectivity index (χ1v) is 8.01. The fourth-order valence-electron chi connectivity index (χ4n) is 1.83. The van der Waals surface area contributed by atoms with E-state index in [-0.39, 0.29) is 11.7 Å². The number of hydrogen-bond acceptors (Lipinski definition) is 5. The third-order valence-corrected chi connectivity index (χ3v) is 4.17. The number of amides is 2. The maximum absolute atomic E-state index is 12.8. The number of aromatic nitrogens is 1. The molecule has 0 spiro atoms. The highest BCUT2D eigenvalue weighted by Crippen LogP contribution is 2.33. The van der Waals surface area contributed by atoms with E-state index in [1.807, 2.05) is 0 Å². The first-order valence-electron chi connectivity index (χ1n) is 6.96. The third kappa shape index (κ3) is 4.57. The molecule has 0 aromatic carbocycles. The number of nitrogens with zero attached hydrogens (tertiary/aromatic N) is 2. The van der Waals surface area contributed by atoms with Gasteiger partial charge in [-0.05, 0) is 26.0 Å². The largest absolute Gasteiger partial charge is 0.425 e. The zero-order valence-electron chi connectivity index (χ0n) is 13.3. The molecule has 1 unspecified atom stereocenters. The van der Waals surface area contributed by atoms with Gasteiger partial charge >= 0.3 is 12.3 Å². The number of nitrogens with one attached hydrogen (secondary N) is 1. The summed E-state index contributed by atoms with van der Waals surface area (Å²) in [6.07, 6.45) is 0.754. The predicted octanol–water partition coefficient (Wildman–Crippen LogP) is 2.60. The van der Waals surface area contributed by atoms with Gasteiger partial charge in [-0.15, -0.1) is 6.42 Å². The number of hydrogen-bond donors (Lipinski definition) is 1. The van der Waals surface area contributed by atoms with Gasteiger partial charge in [0.15, 0.2) is 0 Å². The average Bonchev–Trinajstić information content (AvgIpc) is 2.87. The molecule has 2 amide bonds. The maximum atomic E-state index is 12.8. The highest BCUT2D eigenvalue weighted by atomic mass is 32.2. The van der Waals surface area contributed by atoms with Crippen molar-refractivity contribution in [1.82, 2.24) is 10.3 Å². The van der Waals surface area contributed by atoms with Gasteiger partial charge in [-0.2, -0.15) is 13.2 Å². The number of anilines is 1. The van der Waals surface area contributed by atoms with Crippen LogP contribution in [0.25, 0.3) is 0 Å². The lowest BCUT2D eigenvalue weighted by atomic mass is 10.1. The van der Waals surface area contributed by atoms with Gasteiger partial charge in [0.05, 0.1) is 17.0 Å². The summed E-state index contributed by atoms with van der Waals surface area (Å²) in [4.78, 5) is 28.8. The van der Waals surface area contributed by atoms with Crippen molar-refractivity contribution in [2.24, 2.45) is 0 Å². The van der Waals surface area contributed by atoms with E-state index in [4.69, 9.17) is 11.2 Å². The molecule has 1 aromatic heterocycles. The monoisotopic (exact) mass is 373 g/mol. The van der Waals surface area contributed by atoms with Gasteiger partial charge < -0.3 is 10.1 Å². The Morgan fingerprint density at radius 1 is 1.52 bits per heavy atom. The van der Waals surface area contributed by atoms with Crippen LogP contribution >= 0.6 is 11.8 Å². The first-order chi connectivity index (χ1) is 11.5. The normalized spacial score (nSPS) is 18.0. The molecule has 6 nitrogen and oxygen atoms in total. The van der Waals surface area contributed by atoms with E-state index in [2.05, 4.69) is 16.2 Å². The van der Waals surface area contributed by atoms with Gasteiger partial charge in [0.2, 0.25) is 5.44 Å². The molecule has 1 aliphatic heterocycles. The Morgan fingerprint density at radius 2 is 2.20 bits per heavy atom. The van der Waals surface area contributed by atoms with Crippen molar-refractivity contribution in [3.63, 3.8) is 0 Å². The molecule has 1 aromatic rings. The molecule has 1 aliphatic rings. The molecule has 0 bridgehead atoms. The van der Waals surface area contributed by atoms with E-state index in [9.17, 15) is 22.8 Å². The lowest BCUT2D eigenvalue weighted by Crippen LogP contribution is -2.44. The van der Waals surface area contributed by atoms with Crippen molar-refractivity contribution in [3.05, 3.63) is 23.9 Å². The van der Waals surface area contributed by atoms with E-state index in [0.29, 0.717) is 0 Å². The lowest BCUT2D eigenvalue weighted by molar-refractivity contribution is -0.137. The molecule has 0 aliphatic carbocycles. The molecule has 2 heterocycles. The summed E-state index contributed by atoms with van der Waals surface area (Å²) in [5.74, 6) is 1.50. The van der Waals surface area contributed by atoms with E-state index in [1.165, 1.54) is 0 Å². The molecule has 1 fully saturated rings. The molecule has 1 N–H and O–H groups in total. The number of rotatable bonds is 3. The zero-order valence-corrected chi connectivity index (χ0v) is 14.1. The fourth-order valence-corrected chi connectivity index (χ4v) is 2.80. The fraction of sp³-hybridized carbons (Fsp3) is 0.400. The van der Waals surface area contributed by atoms with Crippen molar-refractivity contribution in [2.45, 2.75) is 31.0 Å². The Bertz CT molecular complexity index is 731. The molecule has 10 heteroatoms. The Kier molecular flexibility index (Phi) is 5.17. The lowest BCUT2D eigenvalue weighted by Gasteiger charge is -2.20. The quantitative estimate of drug-likeness (QED) is 0.825. The number of ether oxygens (including phenoxy) is 1. The van der Waals surface area contributed by atoms with Crippen LogP contribution in [0.2, 0.25) is 0 Å². The third-order valence-electron chi connectivity index (χ3n) is 3.16. The number of pyridine rings is 1. The summed E-state index contributed by atoms with van der Waals surface area (Å²) in [7, 11) is 0. The van der Waals surface area contributed by atoms with Crippen molar-refractivity contribution in [2.75, 3.05) is 10.8 Å². The molecular formula is C15H14F3N3O3S. The Balaban J connectivity index is 2.07. The summed E-state index contributed by atoms with van der Waals surface area (Å²) in [5.41, 5.74) is -3.08. The van der Waals surface area contributed by atoms with Gasteiger partial charge in [0.1, 0.15) is 5.82 Å². The Hall–Kier alpha value is -2.41. The van der Waals surface area contributed by atoms with Crippen LogP contribution < -0.4 is 10.2 Å². The zero-order chi connectivity index (χ0) is 18.8. The highest BCUT2D eigenvalue weighted by Gasteiger charge is 2.39. The number of terminal acetylenes is 1.